The van der Waals surface area contributed by atoms with Gasteiger partial charge in [0, 0.05) is 10.7 Å². The number of fused-ring (bicyclic) bond motifs is 1. The van der Waals surface area contributed by atoms with Gasteiger partial charge in [-0.15, -0.1) is 0 Å². The fourth-order valence-electron chi connectivity index (χ4n) is 4.12. The molecule has 4 rings (SSSR count). The number of amides is 1. The van der Waals surface area contributed by atoms with Gasteiger partial charge in [-0.2, -0.15) is 0 Å². The van der Waals surface area contributed by atoms with Gasteiger partial charge in [-0.3, -0.25) is 4.79 Å². The third-order valence-electron chi connectivity index (χ3n) is 5.77. The number of hydrogen-bond acceptors (Lipinski definition) is 6. The molecule has 2 atom stereocenters. The van der Waals surface area contributed by atoms with E-state index < -0.39 is 12.0 Å². The van der Waals surface area contributed by atoms with Gasteiger partial charge in [-0.1, -0.05) is 84.5 Å². The number of ether oxygens (including phenoxy) is 1. The van der Waals surface area contributed by atoms with E-state index in [9.17, 15) is 9.59 Å². The lowest BCUT2D eigenvalue weighted by Gasteiger charge is -2.36. The average Bonchev–Trinajstić information content (AvgIpc) is 3.24. The largest absolute Gasteiger partial charge is 0.458 e. The van der Waals surface area contributed by atoms with Gasteiger partial charge < -0.3 is 15.0 Å². The average molecular weight is 508 g/mol. The van der Waals surface area contributed by atoms with Gasteiger partial charge in [0.1, 0.15) is 6.61 Å². The molecule has 0 saturated carbocycles. The van der Waals surface area contributed by atoms with Gasteiger partial charge in [0.05, 0.1) is 29.8 Å². The zero-order valence-corrected chi connectivity index (χ0v) is 21.1. The minimum Gasteiger partial charge on any atom is -0.458 e. The van der Waals surface area contributed by atoms with Crippen LogP contribution in [-0.2, 0) is 14.3 Å². The fourth-order valence-corrected chi connectivity index (χ4v) is 5.32. The van der Waals surface area contributed by atoms with Crippen LogP contribution in [-0.4, -0.2) is 28.6 Å². The fraction of sp³-hybridized carbons (Fsp3) is 0.222. The summed E-state index contributed by atoms with van der Waals surface area (Å²) >= 11 is 8.02. The molecule has 2 heterocycles. The number of amidine groups is 1. The van der Waals surface area contributed by atoms with Crippen LogP contribution in [0.5, 0.6) is 0 Å². The van der Waals surface area contributed by atoms with Crippen molar-refractivity contribution in [1.29, 1.82) is 0 Å². The maximum absolute atomic E-state index is 13.1. The molecular formula is C27H26ClN3O3S. The summed E-state index contributed by atoms with van der Waals surface area (Å²) in [5, 5.41) is 6.16. The summed E-state index contributed by atoms with van der Waals surface area (Å²) in [7, 11) is 0. The number of halogens is 1. The highest BCUT2D eigenvalue weighted by molar-refractivity contribution is 8.16. The SMILES string of the molecule is C=CCOC(=O)C1=C(C)N=C2SC=C(CC(=O)N[C@H](C)c3ccccc3)N2[C@@H]1c1ccccc1Cl. The number of nitrogens with zero attached hydrogens (tertiary/aromatic N) is 2. The summed E-state index contributed by atoms with van der Waals surface area (Å²) in [6, 6.07) is 16.4. The first-order chi connectivity index (χ1) is 16.9. The molecule has 1 N–H and O–H groups in total. The van der Waals surface area contributed by atoms with Crippen molar-refractivity contribution in [3.8, 4) is 0 Å². The highest BCUT2D eigenvalue weighted by Gasteiger charge is 2.41. The molecule has 2 aromatic carbocycles. The Kier molecular flexibility index (Phi) is 7.78. The molecular weight excluding hydrogens is 482 g/mol. The topological polar surface area (TPSA) is 71.0 Å². The lowest BCUT2D eigenvalue weighted by molar-refractivity contribution is -0.138. The van der Waals surface area contributed by atoms with Crippen LogP contribution in [0.25, 0.3) is 0 Å². The second-order valence-corrected chi connectivity index (χ2v) is 9.42. The van der Waals surface area contributed by atoms with Crippen LogP contribution in [0, 0.1) is 0 Å². The highest BCUT2D eigenvalue weighted by atomic mass is 35.5. The number of thioether (sulfide) groups is 1. The van der Waals surface area contributed by atoms with Gasteiger partial charge in [-0.25, -0.2) is 9.79 Å². The molecule has 1 amide bonds. The molecule has 2 aliphatic heterocycles. The predicted molar refractivity (Wildman–Crippen MR) is 141 cm³/mol. The number of nitrogens with one attached hydrogen (secondary N) is 1. The zero-order valence-electron chi connectivity index (χ0n) is 19.5. The van der Waals surface area contributed by atoms with Crippen molar-refractivity contribution in [2.24, 2.45) is 4.99 Å². The monoisotopic (exact) mass is 507 g/mol. The zero-order chi connectivity index (χ0) is 24.9. The second-order valence-electron chi connectivity index (χ2n) is 8.18. The standard InChI is InChI=1S/C27H26ClN3O3S/c1-4-14-34-26(33)24-18(3)30-27-31(25(24)21-12-8-9-13-22(21)28)20(16-35-27)15-23(32)29-17(2)19-10-6-5-7-11-19/h4-13,16-17,25H,1,14-15H2,2-3H3,(H,29,32)/t17-,25-/m1/s1. The molecule has 0 saturated heterocycles. The molecule has 2 aromatic rings. The molecule has 8 heteroatoms. The van der Waals surface area contributed by atoms with E-state index in [2.05, 4.69) is 16.9 Å². The van der Waals surface area contributed by atoms with Crippen molar-refractivity contribution in [2.75, 3.05) is 6.61 Å². The van der Waals surface area contributed by atoms with E-state index in [0.29, 0.717) is 21.5 Å². The Labute approximate surface area is 214 Å². The smallest absolute Gasteiger partial charge is 0.338 e. The number of benzene rings is 2. The predicted octanol–water partition coefficient (Wildman–Crippen LogP) is 5.91. The van der Waals surface area contributed by atoms with Crippen LogP contribution in [0.3, 0.4) is 0 Å². The van der Waals surface area contributed by atoms with Gasteiger partial charge in [0.15, 0.2) is 5.17 Å². The molecule has 0 spiro atoms. The summed E-state index contributed by atoms with van der Waals surface area (Å²) in [5.41, 5.74) is 3.43. The Hall–Kier alpha value is -3.29. The van der Waals surface area contributed by atoms with Crippen molar-refractivity contribution < 1.29 is 14.3 Å². The summed E-state index contributed by atoms with van der Waals surface area (Å²) in [5.74, 6) is -0.622. The van der Waals surface area contributed by atoms with E-state index in [-0.39, 0.29) is 25.0 Å². The molecule has 0 bridgehead atoms. The first-order valence-corrected chi connectivity index (χ1v) is 12.5. The van der Waals surface area contributed by atoms with Crippen LogP contribution >= 0.6 is 23.4 Å². The second kappa shape index (κ2) is 11.0. The van der Waals surface area contributed by atoms with E-state index in [0.717, 1.165) is 16.8 Å². The molecule has 0 unspecified atom stereocenters. The van der Waals surface area contributed by atoms with E-state index in [1.165, 1.54) is 17.8 Å². The number of esters is 1. The number of hydrogen-bond donors (Lipinski definition) is 1. The Balaban J connectivity index is 1.64. The summed E-state index contributed by atoms with van der Waals surface area (Å²) in [6.07, 6.45) is 1.64. The van der Waals surface area contributed by atoms with Crippen molar-refractivity contribution in [1.82, 2.24) is 10.2 Å². The van der Waals surface area contributed by atoms with Crippen LogP contribution in [0.15, 0.2) is 94.6 Å². The molecule has 0 aliphatic carbocycles. The Bertz CT molecular complexity index is 1240. The van der Waals surface area contributed by atoms with Gasteiger partial charge in [-0.05, 0) is 36.4 Å². The summed E-state index contributed by atoms with van der Waals surface area (Å²) in [6.45, 7) is 7.44. The highest BCUT2D eigenvalue weighted by Crippen LogP contribution is 2.46. The number of aliphatic imine (C=N–C) groups is 1. The first-order valence-electron chi connectivity index (χ1n) is 11.2. The van der Waals surface area contributed by atoms with Crippen LogP contribution in [0.1, 0.15) is 43.5 Å². The molecule has 180 valence electrons. The molecule has 2 aliphatic rings. The van der Waals surface area contributed by atoms with Crippen LogP contribution < -0.4 is 5.32 Å². The van der Waals surface area contributed by atoms with Crippen molar-refractivity contribution in [2.45, 2.75) is 32.4 Å². The van der Waals surface area contributed by atoms with Crippen molar-refractivity contribution in [3.63, 3.8) is 0 Å². The van der Waals surface area contributed by atoms with E-state index in [4.69, 9.17) is 16.3 Å². The third-order valence-corrected chi connectivity index (χ3v) is 7.00. The Morgan fingerprint density at radius 3 is 2.66 bits per heavy atom. The van der Waals surface area contributed by atoms with Crippen molar-refractivity contribution in [3.05, 3.63) is 106 Å². The molecule has 35 heavy (non-hydrogen) atoms. The van der Waals surface area contributed by atoms with Gasteiger partial charge >= 0.3 is 5.97 Å². The third kappa shape index (κ3) is 5.36. The Morgan fingerprint density at radius 2 is 1.94 bits per heavy atom. The van der Waals surface area contributed by atoms with E-state index in [1.54, 1.807) is 13.0 Å². The summed E-state index contributed by atoms with van der Waals surface area (Å²) < 4.78 is 5.40. The minimum atomic E-state index is -0.575. The molecule has 0 radical (unpaired) electrons. The lowest BCUT2D eigenvalue weighted by Crippen LogP contribution is -2.38. The lowest BCUT2D eigenvalue weighted by atomic mass is 9.93. The number of carbonyl (C=O) groups is 2. The van der Waals surface area contributed by atoms with Crippen molar-refractivity contribution >= 4 is 40.4 Å². The maximum atomic E-state index is 13.1. The van der Waals surface area contributed by atoms with E-state index in [1.807, 2.05) is 65.8 Å². The number of rotatable bonds is 8. The van der Waals surface area contributed by atoms with Gasteiger partial charge in [0.2, 0.25) is 5.91 Å². The Morgan fingerprint density at radius 1 is 1.23 bits per heavy atom. The number of allylic oxidation sites excluding steroid dienone is 1. The molecule has 0 fully saturated rings. The van der Waals surface area contributed by atoms with Crippen LogP contribution in [0.4, 0.5) is 0 Å². The van der Waals surface area contributed by atoms with E-state index >= 15 is 0 Å². The van der Waals surface area contributed by atoms with Crippen LogP contribution in [0.2, 0.25) is 5.02 Å². The first kappa shape index (κ1) is 24.8. The molecule has 6 nitrogen and oxygen atoms in total. The molecule has 0 aromatic heterocycles. The minimum absolute atomic E-state index is 0.0820. The quantitative estimate of drug-likeness (QED) is 0.355. The summed E-state index contributed by atoms with van der Waals surface area (Å²) in [4.78, 5) is 32.7. The normalized spacial score (nSPS) is 17.8. The maximum Gasteiger partial charge on any atom is 0.338 e. The number of carbonyl (C=O) groups excluding carboxylic acids is 2. The van der Waals surface area contributed by atoms with Gasteiger partial charge in [0.25, 0.3) is 0 Å².